The van der Waals surface area contributed by atoms with Crippen LogP contribution in [0.25, 0.3) is 17.0 Å². The lowest BCUT2D eigenvalue weighted by Gasteiger charge is -2.33. The Kier molecular flexibility index (Phi) is 9.40. The number of carbonyl (C=O) groups is 2. The first-order valence-corrected chi connectivity index (χ1v) is 13.6. The van der Waals surface area contributed by atoms with Gasteiger partial charge in [-0.25, -0.2) is 9.18 Å². The predicted octanol–water partition coefficient (Wildman–Crippen LogP) is 4.14. The average molecular weight is 543 g/mol. The van der Waals surface area contributed by atoms with Gasteiger partial charge in [-0.15, -0.1) is 0 Å². The van der Waals surface area contributed by atoms with Gasteiger partial charge in [0.2, 0.25) is 0 Å². The number of H-pyrrole nitrogens is 1. The smallest absolute Gasteiger partial charge is 0.410 e. The molecule has 1 aromatic heterocycles. The van der Waals surface area contributed by atoms with Crippen molar-refractivity contribution in [2.45, 2.75) is 58.3 Å². The van der Waals surface area contributed by atoms with Crippen LogP contribution < -0.4 is 0 Å². The van der Waals surface area contributed by atoms with E-state index in [2.05, 4.69) is 15.1 Å². The first kappa shape index (κ1) is 28.8. The largest absolute Gasteiger partial charge is 0.457 e. The number of amides is 1. The number of fused-ring (bicyclic) bond motifs is 1. The molecule has 9 nitrogen and oxygen atoms in total. The third-order valence-corrected chi connectivity index (χ3v) is 7.63. The number of aliphatic hydroxyl groups excluding tert-OH is 1. The molecule has 1 amide bonds. The maximum absolute atomic E-state index is 14.5. The van der Waals surface area contributed by atoms with Gasteiger partial charge < -0.3 is 24.4 Å². The van der Waals surface area contributed by atoms with E-state index in [0.717, 1.165) is 13.1 Å². The van der Waals surface area contributed by atoms with E-state index in [1.165, 1.54) is 12.3 Å². The second kappa shape index (κ2) is 12.7. The maximum atomic E-state index is 14.5. The van der Waals surface area contributed by atoms with Crippen molar-refractivity contribution < 1.29 is 28.6 Å². The molecule has 1 aromatic carbocycles. The maximum Gasteiger partial charge on any atom is 0.410 e. The van der Waals surface area contributed by atoms with Crippen molar-refractivity contribution in [2.24, 2.45) is 11.8 Å². The highest BCUT2D eigenvalue weighted by molar-refractivity contribution is 5.81. The molecule has 5 atom stereocenters. The van der Waals surface area contributed by atoms with Gasteiger partial charge in [0.15, 0.2) is 0 Å². The molecule has 0 bridgehead atoms. The van der Waals surface area contributed by atoms with Crippen molar-refractivity contribution in [3.8, 4) is 0 Å². The Hall–Kier alpha value is -3.24. The molecule has 2 aliphatic rings. The number of benzene rings is 1. The van der Waals surface area contributed by atoms with Gasteiger partial charge >= 0.3 is 12.1 Å². The molecule has 0 spiro atoms. The fourth-order valence-corrected chi connectivity index (χ4v) is 5.09. The molecule has 2 aliphatic heterocycles. The topological polar surface area (TPSA) is 108 Å². The molecule has 0 aliphatic carbocycles. The summed E-state index contributed by atoms with van der Waals surface area (Å²) in [5.41, 5.74) is 1.89. The summed E-state index contributed by atoms with van der Waals surface area (Å²) < 4.78 is 26.3. The molecule has 1 fully saturated rings. The number of carbonyl (C=O) groups excluding carboxylic acids is 2. The van der Waals surface area contributed by atoms with E-state index in [0.29, 0.717) is 48.0 Å². The van der Waals surface area contributed by atoms with E-state index in [1.807, 2.05) is 40.0 Å². The van der Waals surface area contributed by atoms with Crippen LogP contribution in [-0.2, 0) is 14.3 Å². The highest BCUT2D eigenvalue weighted by Crippen LogP contribution is 2.27. The Morgan fingerprint density at radius 3 is 2.69 bits per heavy atom. The van der Waals surface area contributed by atoms with Crippen LogP contribution in [0.2, 0.25) is 0 Å². The molecule has 1 saturated heterocycles. The molecule has 39 heavy (non-hydrogen) atoms. The molecule has 2 aromatic rings. The van der Waals surface area contributed by atoms with E-state index >= 15 is 0 Å². The lowest BCUT2D eigenvalue weighted by Crippen LogP contribution is -2.48. The van der Waals surface area contributed by atoms with Gasteiger partial charge in [0.05, 0.1) is 29.6 Å². The molecule has 2 N–H and O–H groups in total. The van der Waals surface area contributed by atoms with Gasteiger partial charge in [0.25, 0.3) is 0 Å². The van der Waals surface area contributed by atoms with Crippen LogP contribution in [0.3, 0.4) is 0 Å². The standard InChI is InChI=1S/C29H39FN4O5/c1-18-5-7-22(35)16-27(36)39-28(20(3)13-21-14-24(30)23-17-31-32-25(23)15-21)19(2)6-8-26(18)38-29(37)34-11-9-33(4)10-12-34/h6,8,13-15,17-19,22,26,28,35H,5,7,9-12,16H2,1-4H3,(H,31,32)/b8-6+,20-13+/t18-,19-,22+,26+,28-/m0/s1. The van der Waals surface area contributed by atoms with Crippen LogP contribution in [0.1, 0.15) is 45.6 Å². The molecule has 0 radical (unpaired) electrons. The lowest BCUT2D eigenvalue weighted by atomic mass is 9.91. The molecule has 0 saturated carbocycles. The molecule has 4 rings (SSSR count). The highest BCUT2D eigenvalue weighted by atomic mass is 19.1. The quantitative estimate of drug-likeness (QED) is 0.443. The van der Waals surface area contributed by atoms with Crippen molar-refractivity contribution >= 4 is 29.0 Å². The van der Waals surface area contributed by atoms with E-state index in [1.54, 1.807) is 17.0 Å². The van der Waals surface area contributed by atoms with Gasteiger partial charge in [0.1, 0.15) is 18.0 Å². The predicted molar refractivity (Wildman–Crippen MR) is 146 cm³/mol. The van der Waals surface area contributed by atoms with Crippen LogP contribution in [0, 0.1) is 17.7 Å². The van der Waals surface area contributed by atoms with Gasteiger partial charge in [-0.3, -0.25) is 9.89 Å². The zero-order valence-corrected chi connectivity index (χ0v) is 23.1. The minimum absolute atomic E-state index is 0.0610. The minimum atomic E-state index is -0.866. The Balaban J connectivity index is 1.57. The van der Waals surface area contributed by atoms with E-state index in [4.69, 9.17) is 9.47 Å². The van der Waals surface area contributed by atoms with Crippen molar-refractivity contribution in [1.29, 1.82) is 0 Å². The third-order valence-electron chi connectivity index (χ3n) is 7.63. The Morgan fingerprint density at radius 2 is 1.95 bits per heavy atom. The van der Waals surface area contributed by atoms with E-state index in [-0.39, 0.29) is 24.3 Å². The minimum Gasteiger partial charge on any atom is -0.457 e. The molecule has 3 heterocycles. The first-order chi connectivity index (χ1) is 18.6. The Morgan fingerprint density at radius 1 is 1.21 bits per heavy atom. The summed E-state index contributed by atoms with van der Waals surface area (Å²) in [5, 5.41) is 17.6. The second-order valence-corrected chi connectivity index (χ2v) is 10.9. The summed E-state index contributed by atoms with van der Waals surface area (Å²) in [6, 6.07) is 3.20. The number of aromatic amines is 1. The Labute approximate surface area is 228 Å². The first-order valence-electron chi connectivity index (χ1n) is 13.6. The lowest BCUT2D eigenvalue weighted by molar-refractivity contribution is -0.151. The monoisotopic (exact) mass is 542 g/mol. The number of piperazine rings is 1. The zero-order valence-electron chi connectivity index (χ0n) is 23.1. The van der Waals surface area contributed by atoms with Crippen LogP contribution in [0.15, 0.2) is 36.1 Å². The number of nitrogens with zero attached hydrogens (tertiary/aromatic N) is 3. The number of ether oxygens (including phenoxy) is 2. The summed E-state index contributed by atoms with van der Waals surface area (Å²) in [6.45, 7) is 8.54. The molecular weight excluding hydrogens is 503 g/mol. The number of hydrogen-bond donors (Lipinski definition) is 2. The summed E-state index contributed by atoms with van der Waals surface area (Å²) >= 11 is 0. The molecule has 212 valence electrons. The molecular formula is C29H39FN4O5. The van der Waals surface area contributed by atoms with Crippen LogP contribution in [0.5, 0.6) is 0 Å². The fourth-order valence-electron chi connectivity index (χ4n) is 5.09. The van der Waals surface area contributed by atoms with Crippen LogP contribution >= 0.6 is 0 Å². The Bertz CT molecular complexity index is 1220. The van der Waals surface area contributed by atoms with Gasteiger partial charge in [-0.2, -0.15) is 5.10 Å². The van der Waals surface area contributed by atoms with Crippen LogP contribution in [-0.4, -0.2) is 88.7 Å². The number of cyclic esters (lactones) is 1. The number of nitrogens with one attached hydrogen (secondary N) is 1. The van der Waals surface area contributed by atoms with E-state index in [9.17, 15) is 19.1 Å². The number of aromatic nitrogens is 2. The summed E-state index contributed by atoms with van der Waals surface area (Å²) in [6.07, 6.45) is 5.44. The van der Waals surface area contributed by atoms with Crippen LogP contribution in [0.4, 0.5) is 9.18 Å². The van der Waals surface area contributed by atoms with Crippen molar-refractivity contribution in [1.82, 2.24) is 20.0 Å². The number of hydrogen-bond acceptors (Lipinski definition) is 7. The van der Waals surface area contributed by atoms with Gasteiger partial charge in [0, 0.05) is 32.1 Å². The molecule has 0 unspecified atom stereocenters. The average Bonchev–Trinajstić information content (AvgIpc) is 3.37. The van der Waals surface area contributed by atoms with E-state index < -0.39 is 30.1 Å². The number of aliphatic hydroxyl groups is 1. The second-order valence-electron chi connectivity index (χ2n) is 10.9. The van der Waals surface area contributed by atoms with Gasteiger partial charge in [-0.05, 0) is 62.1 Å². The number of likely N-dealkylation sites (N-methyl/N-ethyl adjacent to an activating group) is 1. The summed E-state index contributed by atoms with van der Waals surface area (Å²) in [4.78, 5) is 29.6. The molecule has 10 heteroatoms. The van der Waals surface area contributed by atoms with Crippen molar-refractivity contribution in [3.05, 3.63) is 47.4 Å². The van der Waals surface area contributed by atoms with Crippen molar-refractivity contribution in [2.75, 3.05) is 33.2 Å². The fraction of sp³-hybridized carbons (Fsp3) is 0.552. The normalized spacial score (nSPS) is 28.9. The number of rotatable bonds is 3. The third kappa shape index (κ3) is 7.45. The van der Waals surface area contributed by atoms with Gasteiger partial charge in [-0.1, -0.05) is 26.0 Å². The zero-order chi connectivity index (χ0) is 28.1. The summed E-state index contributed by atoms with van der Waals surface area (Å²) in [7, 11) is 2.03. The number of esters is 1. The SMILES string of the molecule is C/C(=C\c1cc(F)c2cn[nH]c2c1)[C@H]1OC(=O)C[C@H](O)CC[C@H](C)[C@H](OC(=O)N2CCN(C)CC2)/C=C/[C@@H]1C. The highest BCUT2D eigenvalue weighted by Gasteiger charge is 2.29. The summed E-state index contributed by atoms with van der Waals surface area (Å²) in [5.74, 6) is -1.23. The number of halogens is 1. The van der Waals surface area contributed by atoms with Crippen molar-refractivity contribution in [3.63, 3.8) is 0 Å².